The van der Waals surface area contributed by atoms with Crippen LogP contribution in [0.2, 0.25) is 0 Å². The van der Waals surface area contributed by atoms with Crippen molar-refractivity contribution in [2.45, 2.75) is 46.8 Å². The van der Waals surface area contributed by atoms with Gasteiger partial charge in [0.25, 0.3) is 0 Å². The molecule has 0 amide bonds. The van der Waals surface area contributed by atoms with E-state index in [4.69, 9.17) is 23.4 Å². The van der Waals surface area contributed by atoms with Crippen LogP contribution in [0.4, 0.5) is 0 Å². The third-order valence-electron chi connectivity index (χ3n) is 4.28. The van der Waals surface area contributed by atoms with Gasteiger partial charge >= 0.3 is 11.9 Å². The number of allylic oxidation sites excluding steroid dienone is 1. The van der Waals surface area contributed by atoms with Crippen LogP contribution in [0.25, 0.3) is 0 Å². The molecule has 0 spiro atoms. The van der Waals surface area contributed by atoms with E-state index in [0.29, 0.717) is 30.4 Å². The Hall–Kier alpha value is -2.58. The first-order valence-electron chi connectivity index (χ1n) is 9.82. The van der Waals surface area contributed by atoms with Gasteiger partial charge in [0.05, 0.1) is 42.2 Å². The Morgan fingerprint density at radius 3 is 2.07 bits per heavy atom. The lowest BCUT2D eigenvalue weighted by molar-refractivity contribution is -0.141. The molecule has 1 N–H and O–H groups in total. The summed E-state index contributed by atoms with van der Waals surface area (Å²) < 4.78 is 27.6. The molecule has 0 saturated carbocycles. The summed E-state index contributed by atoms with van der Waals surface area (Å²) in [7, 11) is 0. The fraction of sp³-hybridized carbons (Fsp3) is 0.524. The molecule has 1 unspecified atom stereocenters. The second-order valence-electron chi connectivity index (χ2n) is 6.12. The Kier molecular flexibility index (Phi) is 8.48. The number of furan rings is 1. The molecule has 160 valence electrons. The van der Waals surface area contributed by atoms with Crippen LogP contribution in [0.1, 0.15) is 46.3 Å². The van der Waals surface area contributed by atoms with Crippen LogP contribution in [0.15, 0.2) is 45.4 Å². The van der Waals surface area contributed by atoms with Crippen molar-refractivity contribution in [3.05, 3.63) is 46.7 Å². The minimum atomic E-state index is -0.833. The molecular formula is C21H29NO7. The van der Waals surface area contributed by atoms with Crippen molar-refractivity contribution >= 4 is 11.9 Å². The van der Waals surface area contributed by atoms with E-state index in [1.165, 1.54) is 6.26 Å². The summed E-state index contributed by atoms with van der Waals surface area (Å²) in [6.45, 7) is 9.94. The van der Waals surface area contributed by atoms with Crippen LogP contribution in [-0.4, -0.2) is 44.7 Å². The van der Waals surface area contributed by atoms with Crippen molar-refractivity contribution in [3.8, 4) is 0 Å². The summed E-state index contributed by atoms with van der Waals surface area (Å²) in [5, 5.41) is 3.12. The number of hydrogen-bond donors (Lipinski definition) is 1. The molecule has 1 atom stereocenters. The van der Waals surface area contributed by atoms with Crippen molar-refractivity contribution in [3.63, 3.8) is 0 Å². The fourth-order valence-corrected chi connectivity index (χ4v) is 3.21. The molecule has 2 rings (SSSR count). The van der Waals surface area contributed by atoms with E-state index in [2.05, 4.69) is 5.32 Å². The van der Waals surface area contributed by atoms with E-state index in [0.717, 1.165) is 0 Å². The Morgan fingerprint density at radius 2 is 1.59 bits per heavy atom. The predicted octanol–water partition coefficient (Wildman–Crippen LogP) is 3.02. The topological polar surface area (TPSA) is 96.2 Å². The number of carbonyl (C=O) groups excluding carboxylic acids is 2. The normalized spacial score (nSPS) is 16.8. The molecule has 8 heteroatoms. The fourth-order valence-electron chi connectivity index (χ4n) is 3.21. The van der Waals surface area contributed by atoms with E-state index < -0.39 is 24.1 Å². The Bertz CT molecular complexity index is 758. The molecule has 0 saturated heterocycles. The number of carbonyl (C=O) groups is 2. The minimum Gasteiger partial charge on any atom is -0.468 e. The van der Waals surface area contributed by atoms with Gasteiger partial charge in [0, 0.05) is 18.9 Å². The van der Waals surface area contributed by atoms with Crippen molar-refractivity contribution < 1.29 is 33.0 Å². The van der Waals surface area contributed by atoms with Gasteiger partial charge in [0.1, 0.15) is 5.76 Å². The van der Waals surface area contributed by atoms with E-state index in [1.54, 1.807) is 32.9 Å². The summed E-state index contributed by atoms with van der Waals surface area (Å²) in [6, 6.07) is 3.40. The molecule has 2 heterocycles. The smallest absolute Gasteiger partial charge is 0.337 e. The van der Waals surface area contributed by atoms with Crippen LogP contribution in [-0.2, 0) is 28.5 Å². The van der Waals surface area contributed by atoms with E-state index in [-0.39, 0.29) is 24.4 Å². The number of ether oxygens (including phenoxy) is 4. The van der Waals surface area contributed by atoms with Gasteiger partial charge in [-0.2, -0.15) is 0 Å². The lowest BCUT2D eigenvalue weighted by Crippen LogP contribution is -2.39. The summed E-state index contributed by atoms with van der Waals surface area (Å²) >= 11 is 0. The van der Waals surface area contributed by atoms with Crippen LogP contribution in [0, 0.1) is 0 Å². The lowest BCUT2D eigenvalue weighted by Gasteiger charge is -2.33. The number of rotatable bonds is 10. The molecule has 0 bridgehead atoms. The zero-order valence-corrected chi connectivity index (χ0v) is 17.6. The lowest BCUT2D eigenvalue weighted by atomic mass is 9.83. The summed E-state index contributed by atoms with van der Waals surface area (Å²) in [5.74, 6) is -1.52. The molecule has 8 nitrogen and oxygen atoms in total. The number of esters is 2. The minimum absolute atomic E-state index is 0.172. The maximum absolute atomic E-state index is 13.0. The Balaban J connectivity index is 2.70. The SMILES string of the molecule is CCOC(=O)C1=C(C)NC(C(OCC)OCC)=C(C(=O)OCC)C1c1ccco1. The summed E-state index contributed by atoms with van der Waals surface area (Å²) in [4.78, 5) is 25.8. The van der Waals surface area contributed by atoms with Crippen LogP contribution in [0.5, 0.6) is 0 Å². The van der Waals surface area contributed by atoms with E-state index in [9.17, 15) is 9.59 Å². The maximum atomic E-state index is 13.0. The van der Waals surface area contributed by atoms with Crippen molar-refractivity contribution in [1.29, 1.82) is 0 Å². The Morgan fingerprint density at radius 1 is 1.00 bits per heavy atom. The third kappa shape index (κ3) is 5.07. The van der Waals surface area contributed by atoms with Gasteiger partial charge in [-0.15, -0.1) is 0 Å². The number of nitrogens with one attached hydrogen (secondary N) is 1. The highest BCUT2D eigenvalue weighted by atomic mass is 16.7. The molecule has 1 aromatic heterocycles. The van der Waals surface area contributed by atoms with Crippen LogP contribution >= 0.6 is 0 Å². The average Bonchev–Trinajstić information content (AvgIpc) is 3.21. The number of hydrogen-bond acceptors (Lipinski definition) is 8. The highest BCUT2D eigenvalue weighted by molar-refractivity contribution is 5.99. The third-order valence-corrected chi connectivity index (χ3v) is 4.28. The van der Waals surface area contributed by atoms with E-state index >= 15 is 0 Å². The molecule has 29 heavy (non-hydrogen) atoms. The van der Waals surface area contributed by atoms with E-state index in [1.807, 2.05) is 13.8 Å². The maximum Gasteiger partial charge on any atom is 0.337 e. The van der Waals surface area contributed by atoms with Crippen LogP contribution in [0.3, 0.4) is 0 Å². The summed E-state index contributed by atoms with van der Waals surface area (Å²) in [6.07, 6.45) is 0.654. The molecule has 0 aliphatic carbocycles. The zero-order chi connectivity index (χ0) is 21.4. The van der Waals surface area contributed by atoms with Gasteiger partial charge in [-0.05, 0) is 46.8 Å². The molecule has 1 aliphatic heterocycles. The van der Waals surface area contributed by atoms with Gasteiger partial charge in [-0.25, -0.2) is 9.59 Å². The van der Waals surface area contributed by atoms with Gasteiger partial charge in [0.2, 0.25) is 0 Å². The second kappa shape index (κ2) is 10.8. The monoisotopic (exact) mass is 407 g/mol. The van der Waals surface area contributed by atoms with Crippen molar-refractivity contribution in [2.75, 3.05) is 26.4 Å². The summed E-state index contributed by atoms with van der Waals surface area (Å²) in [5.41, 5.74) is 1.39. The highest BCUT2D eigenvalue weighted by Crippen LogP contribution is 2.40. The highest BCUT2D eigenvalue weighted by Gasteiger charge is 2.42. The molecule has 0 fully saturated rings. The molecule has 1 aromatic rings. The predicted molar refractivity (Wildman–Crippen MR) is 105 cm³/mol. The van der Waals surface area contributed by atoms with Crippen molar-refractivity contribution in [1.82, 2.24) is 5.32 Å². The largest absolute Gasteiger partial charge is 0.468 e. The standard InChI is InChI=1S/C21H29NO7/c1-6-25-19(23)15-13(5)22-18(21(27-8-3)28-9-4)17(20(24)26-7-2)16(15)14-11-10-12-29-14/h10-12,16,21-22H,6-9H2,1-5H3. The molecule has 0 radical (unpaired) electrons. The van der Waals surface area contributed by atoms with Gasteiger partial charge < -0.3 is 28.7 Å². The first kappa shape index (κ1) is 22.7. The first-order chi connectivity index (χ1) is 14.0. The van der Waals surface area contributed by atoms with Crippen molar-refractivity contribution in [2.24, 2.45) is 0 Å². The molecule has 1 aliphatic rings. The molecular weight excluding hydrogens is 378 g/mol. The second-order valence-corrected chi connectivity index (χ2v) is 6.12. The average molecular weight is 407 g/mol. The first-order valence-corrected chi connectivity index (χ1v) is 9.82. The number of dihydropyridines is 1. The van der Waals surface area contributed by atoms with Gasteiger partial charge in [-0.1, -0.05) is 0 Å². The Labute approximate surface area is 170 Å². The van der Waals surface area contributed by atoms with Crippen LogP contribution < -0.4 is 5.32 Å². The zero-order valence-electron chi connectivity index (χ0n) is 17.6. The molecule has 0 aromatic carbocycles. The van der Waals surface area contributed by atoms with Gasteiger partial charge in [-0.3, -0.25) is 0 Å². The van der Waals surface area contributed by atoms with Gasteiger partial charge in [0.15, 0.2) is 6.29 Å². The quantitative estimate of drug-likeness (QED) is 0.467.